The number of aromatic amines is 1. The number of hydrogen-bond acceptors (Lipinski definition) is 10. The highest BCUT2D eigenvalue weighted by Gasteiger charge is 2.24. The largest absolute Gasteiger partial charge is 0.493 e. The van der Waals surface area contributed by atoms with Crippen molar-refractivity contribution >= 4 is 17.5 Å². The first-order valence-corrected chi connectivity index (χ1v) is 11.7. The molecule has 14 heteroatoms. The molecule has 0 saturated heterocycles. The monoisotopic (exact) mass is 545 g/mol. The summed E-state index contributed by atoms with van der Waals surface area (Å²) in [7, 11) is 3.01. The normalized spacial score (nSPS) is 10.8. The first-order valence-electron chi connectivity index (χ1n) is 11.7. The van der Waals surface area contributed by atoms with Crippen molar-refractivity contribution < 1.29 is 19.4 Å². The number of hydrogen-bond donors (Lipinski definition) is 5. The average molecular weight is 546 g/mol. The van der Waals surface area contributed by atoms with E-state index in [1.807, 2.05) is 0 Å². The lowest BCUT2D eigenvalue weighted by Gasteiger charge is -2.21. The number of ether oxygens (including phenoxy) is 2. The van der Waals surface area contributed by atoms with Crippen LogP contribution in [0.25, 0.3) is 5.95 Å². The number of nitrogens with two attached hydrogens (primary N) is 1. The number of amidine groups is 1. The van der Waals surface area contributed by atoms with E-state index in [4.69, 9.17) is 30.5 Å². The molecule has 0 aliphatic carbocycles. The lowest BCUT2D eigenvalue weighted by atomic mass is 9.99. The number of nitrogens with one attached hydrogen (secondary N) is 3. The highest BCUT2D eigenvalue weighted by atomic mass is 16.5. The molecule has 0 aliphatic heterocycles. The minimum absolute atomic E-state index is 0.0509. The Balaban J connectivity index is 0.00000103. The first-order chi connectivity index (χ1) is 19.2. The molecular formula is C26H27N9O5. The van der Waals surface area contributed by atoms with Crippen molar-refractivity contribution in [3.8, 4) is 23.5 Å². The lowest BCUT2D eigenvalue weighted by Crippen LogP contribution is -2.18. The number of carbonyl (C=O) groups is 1. The van der Waals surface area contributed by atoms with Crippen LogP contribution in [0, 0.1) is 16.7 Å². The van der Waals surface area contributed by atoms with Gasteiger partial charge in [-0.25, -0.2) is 14.8 Å². The van der Waals surface area contributed by atoms with Crippen LogP contribution in [0.4, 0.5) is 5.69 Å². The van der Waals surface area contributed by atoms with Gasteiger partial charge in [0.2, 0.25) is 0 Å². The van der Waals surface area contributed by atoms with E-state index < -0.39 is 17.7 Å². The van der Waals surface area contributed by atoms with Crippen molar-refractivity contribution in [1.82, 2.24) is 24.7 Å². The number of aliphatic carboxylic acids is 1. The van der Waals surface area contributed by atoms with Gasteiger partial charge in [-0.1, -0.05) is 0 Å². The van der Waals surface area contributed by atoms with Gasteiger partial charge in [0.1, 0.15) is 11.9 Å². The Hall–Kier alpha value is -5.71. The number of carboxylic acid groups (broad SMARTS) is 1. The van der Waals surface area contributed by atoms with Crippen molar-refractivity contribution in [3.63, 3.8) is 0 Å². The highest BCUT2D eigenvalue weighted by molar-refractivity contribution is 5.95. The van der Waals surface area contributed by atoms with Gasteiger partial charge in [-0.15, -0.1) is 9.78 Å². The lowest BCUT2D eigenvalue weighted by molar-refractivity contribution is -0.134. The second-order valence-corrected chi connectivity index (χ2v) is 8.11. The summed E-state index contributed by atoms with van der Waals surface area (Å²) >= 11 is 0. The van der Waals surface area contributed by atoms with Crippen LogP contribution in [0.2, 0.25) is 0 Å². The number of aromatic nitrogens is 5. The molecule has 4 rings (SSSR count). The predicted molar refractivity (Wildman–Crippen MR) is 145 cm³/mol. The highest BCUT2D eigenvalue weighted by Crippen LogP contribution is 2.37. The summed E-state index contributed by atoms with van der Waals surface area (Å²) in [6, 6.07) is 13.6. The zero-order valence-electron chi connectivity index (χ0n) is 21.9. The number of nitrogens with zero attached hydrogens (tertiary/aromatic N) is 5. The molecule has 0 unspecified atom stereocenters. The van der Waals surface area contributed by atoms with Gasteiger partial charge in [-0.2, -0.15) is 5.26 Å². The second-order valence-electron chi connectivity index (χ2n) is 8.11. The maximum atomic E-state index is 12.8. The van der Waals surface area contributed by atoms with Gasteiger partial charge < -0.3 is 25.6 Å². The third-order valence-electron chi connectivity index (χ3n) is 5.34. The third kappa shape index (κ3) is 6.98. The van der Waals surface area contributed by atoms with E-state index in [1.54, 1.807) is 42.5 Å². The van der Waals surface area contributed by atoms with E-state index in [1.165, 1.54) is 26.6 Å². The first kappa shape index (κ1) is 28.9. The number of carboxylic acids is 1. The maximum Gasteiger partial charge on any atom is 0.350 e. The molecule has 0 saturated carbocycles. The SMILES string of the molecule is CC(=O)O.COc1cc([C@H](Nc2ccc(C(=N)N)cc2)c2nn(-c3ncccn3)c(=O)[nH]2)cc(CC#N)c1OC. The summed E-state index contributed by atoms with van der Waals surface area (Å²) in [6.07, 6.45) is 3.10. The Bertz CT molecular complexity index is 1570. The molecule has 0 aliphatic rings. The Morgan fingerprint density at radius 3 is 2.42 bits per heavy atom. The number of methoxy groups -OCH3 is 2. The van der Waals surface area contributed by atoms with E-state index in [-0.39, 0.29) is 24.0 Å². The molecule has 2 aromatic carbocycles. The molecule has 0 radical (unpaired) electrons. The standard InChI is InChI=1S/C24H23N9O3.C2H4O2/c1-35-18-13-16(12-15(8-9-25)20(18)36-2)19(30-17-6-4-14(5-7-17)21(26)27)22-31-24(34)33(32-22)23-28-10-3-11-29-23;1-2(3)4/h3-7,10-13,19,30H,8H2,1-2H3,(H3,26,27)(H,31,32,34);1H3,(H,3,4)/t19-;/m0./s1. The summed E-state index contributed by atoms with van der Waals surface area (Å²) in [5.41, 5.74) is 7.56. The quantitative estimate of drug-likeness (QED) is 0.151. The molecule has 0 amide bonds. The van der Waals surface area contributed by atoms with E-state index in [0.717, 1.165) is 11.6 Å². The molecule has 4 aromatic rings. The van der Waals surface area contributed by atoms with Crippen LogP contribution in [-0.4, -0.2) is 55.9 Å². The van der Waals surface area contributed by atoms with Crippen LogP contribution in [0.3, 0.4) is 0 Å². The summed E-state index contributed by atoms with van der Waals surface area (Å²) in [5, 5.41) is 32.2. The molecule has 0 spiro atoms. The fourth-order valence-corrected chi connectivity index (χ4v) is 3.68. The molecule has 40 heavy (non-hydrogen) atoms. The third-order valence-corrected chi connectivity index (χ3v) is 5.34. The summed E-state index contributed by atoms with van der Waals surface area (Å²) in [5.74, 6) is 0.381. The molecular weight excluding hydrogens is 518 g/mol. The Morgan fingerprint density at radius 2 is 1.88 bits per heavy atom. The average Bonchev–Trinajstić information content (AvgIpc) is 3.33. The molecule has 206 valence electrons. The maximum absolute atomic E-state index is 12.8. The Kier molecular flexibility index (Phi) is 9.52. The molecule has 2 heterocycles. The molecule has 14 nitrogen and oxygen atoms in total. The topological polar surface area (TPSA) is 218 Å². The van der Waals surface area contributed by atoms with Gasteiger partial charge in [-0.05, 0) is 48.0 Å². The molecule has 2 aromatic heterocycles. The van der Waals surface area contributed by atoms with E-state index in [0.29, 0.717) is 33.9 Å². The van der Waals surface area contributed by atoms with Crippen LogP contribution < -0.4 is 26.2 Å². The number of H-pyrrole nitrogens is 1. The minimum atomic E-state index is -0.833. The van der Waals surface area contributed by atoms with Gasteiger partial charge in [0.15, 0.2) is 17.3 Å². The van der Waals surface area contributed by atoms with Gasteiger partial charge in [-0.3, -0.25) is 15.2 Å². The van der Waals surface area contributed by atoms with Crippen LogP contribution in [-0.2, 0) is 11.2 Å². The van der Waals surface area contributed by atoms with Crippen LogP contribution >= 0.6 is 0 Å². The fourth-order valence-electron chi connectivity index (χ4n) is 3.68. The minimum Gasteiger partial charge on any atom is -0.493 e. The van der Waals surface area contributed by atoms with Crippen LogP contribution in [0.15, 0.2) is 59.7 Å². The summed E-state index contributed by atoms with van der Waals surface area (Å²) in [6.45, 7) is 1.08. The van der Waals surface area contributed by atoms with Crippen molar-refractivity contribution in [1.29, 1.82) is 10.7 Å². The van der Waals surface area contributed by atoms with E-state index in [2.05, 4.69) is 31.4 Å². The van der Waals surface area contributed by atoms with E-state index in [9.17, 15) is 10.1 Å². The molecule has 0 bridgehead atoms. The summed E-state index contributed by atoms with van der Waals surface area (Å²) in [4.78, 5) is 32.7. The van der Waals surface area contributed by atoms with Gasteiger partial charge >= 0.3 is 5.69 Å². The summed E-state index contributed by atoms with van der Waals surface area (Å²) < 4.78 is 12.1. The number of rotatable bonds is 9. The fraction of sp³-hybridized carbons (Fsp3) is 0.192. The zero-order chi connectivity index (χ0) is 29.2. The van der Waals surface area contributed by atoms with Crippen molar-refractivity contribution in [2.45, 2.75) is 19.4 Å². The molecule has 6 N–H and O–H groups in total. The Labute approximate surface area is 228 Å². The number of anilines is 1. The van der Waals surface area contributed by atoms with Crippen LogP contribution in [0.1, 0.15) is 35.5 Å². The van der Waals surface area contributed by atoms with Gasteiger partial charge in [0, 0.05) is 36.1 Å². The molecule has 0 fully saturated rings. The zero-order valence-corrected chi connectivity index (χ0v) is 21.9. The second kappa shape index (κ2) is 13.2. The van der Waals surface area contributed by atoms with E-state index >= 15 is 0 Å². The predicted octanol–water partition coefficient (Wildman–Crippen LogP) is 2.01. The van der Waals surface area contributed by atoms with Gasteiger partial charge in [0.25, 0.3) is 11.9 Å². The number of nitriles is 1. The Morgan fingerprint density at radius 1 is 1.23 bits per heavy atom. The van der Waals surface area contributed by atoms with Gasteiger partial charge in [0.05, 0.1) is 26.7 Å². The van der Waals surface area contributed by atoms with Crippen molar-refractivity contribution in [2.75, 3.05) is 19.5 Å². The van der Waals surface area contributed by atoms with Crippen molar-refractivity contribution in [2.24, 2.45) is 5.73 Å². The molecule has 1 atom stereocenters. The number of nitrogen functional groups attached to an aromatic ring is 1. The number of benzene rings is 2. The van der Waals surface area contributed by atoms with Crippen molar-refractivity contribution in [3.05, 3.63) is 87.9 Å². The van der Waals surface area contributed by atoms with Crippen LogP contribution in [0.5, 0.6) is 11.5 Å². The smallest absolute Gasteiger partial charge is 0.350 e.